The zero-order chi connectivity index (χ0) is 21.4. The zero-order valence-electron chi connectivity index (χ0n) is 17.9. The molecule has 2 N–H and O–H groups in total. The molecule has 158 valence electrons. The standard InChI is InChI=1S/C23H37NO3S/c1-6-10-21(14-9-13-19(4)12-8-11-18(3)7-2)15-16-28-17-22(23(26)27)24-20(5)25/h6,11,13,15,22H,1,7-10,12,14,16-17H2,2-5H3,(H,24,25)(H,26,27)/b18-11+,19-13+,21-15+. The summed E-state index contributed by atoms with van der Waals surface area (Å²) in [5.41, 5.74) is 4.19. The first kappa shape index (κ1) is 26.2. The van der Waals surface area contributed by atoms with Crippen molar-refractivity contribution < 1.29 is 14.7 Å². The number of carbonyl (C=O) groups excluding carboxylic acids is 1. The van der Waals surface area contributed by atoms with Crippen LogP contribution >= 0.6 is 11.8 Å². The third kappa shape index (κ3) is 14.3. The molecule has 1 amide bonds. The molecule has 0 heterocycles. The van der Waals surface area contributed by atoms with E-state index in [9.17, 15) is 9.59 Å². The largest absolute Gasteiger partial charge is 0.480 e. The molecule has 0 aliphatic carbocycles. The van der Waals surface area contributed by atoms with Gasteiger partial charge in [-0.3, -0.25) is 4.79 Å². The van der Waals surface area contributed by atoms with Gasteiger partial charge in [-0.25, -0.2) is 4.79 Å². The Labute approximate surface area is 175 Å². The molecule has 1 atom stereocenters. The van der Waals surface area contributed by atoms with E-state index in [4.69, 9.17) is 5.11 Å². The average Bonchev–Trinajstić information content (AvgIpc) is 2.63. The minimum atomic E-state index is -0.998. The number of nitrogens with one attached hydrogen (secondary N) is 1. The number of carboxylic acid groups (broad SMARTS) is 1. The highest BCUT2D eigenvalue weighted by molar-refractivity contribution is 7.99. The number of carboxylic acids is 1. The quantitative estimate of drug-likeness (QED) is 0.271. The van der Waals surface area contributed by atoms with E-state index < -0.39 is 12.0 Å². The molecule has 0 aliphatic rings. The summed E-state index contributed by atoms with van der Waals surface area (Å²) in [6.45, 7) is 11.7. The number of hydrogen-bond acceptors (Lipinski definition) is 3. The van der Waals surface area contributed by atoms with Crippen LogP contribution in [0.5, 0.6) is 0 Å². The Morgan fingerprint density at radius 1 is 1.07 bits per heavy atom. The molecule has 0 saturated heterocycles. The van der Waals surface area contributed by atoms with Crippen LogP contribution in [0, 0.1) is 0 Å². The van der Waals surface area contributed by atoms with E-state index in [0.717, 1.165) is 44.3 Å². The summed E-state index contributed by atoms with van der Waals surface area (Å²) in [4.78, 5) is 22.2. The van der Waals surface area contributed by atoms with Gasteiger partial charge in [-0.1, -0.05) is 47.9 Å². The highest BCUT2D eigenvalue weighted by atomic mass is 32.2. The Hall–Kier alpha value is -1.75. The summed E-state index contributed by atoms with van der Waals surface area (Å²) in [7, 11) is 0. The van der Waals surface area contributed by atoms with Gasteiger partial charge in [0.2, 0.25) is 5.91 Å². The van der Waals surface area contributed by atoms with Gasteiger partial charge in [-0.15, -0.1) is 6.58 Å². The molecule has 0 saturated carbocycles. The molecule has 0 aromatic carbocycles. The molecule has 5 heteroatoms. The fraction of sp³-hybridized carbons (Fsp3) is 0.565. The predicted molar refractivity (Wildman–Crippen MR) is 122 cm³/mol. The predicted octanol–water partition coefficient (Wildman–Crippen LogP) is 5.67. The van der Waals surface area contributed by atoms with Crippen LogP contribution in [0.4, 0.5) is 0 Å². The van der Waals surface area contributed by atoms with Gasteiger partial charge in [0.05, 0.1) is 0 Å². The van der Waals surface area contributed by atoms with Crippen LogP contribution in [0.3, 0.4) is 0 Å². The summed E-state index contributed by atoms with van der Waals surface area (Å²) in [5, 5.41) is 11.6. The summed E-state index contributed by atoms with van der Waals surface area (Å²) < 4.78 is 0. The highest BCUT2D eigenvalue weighted by Crippen LogP contribution is 2.16. The van der Waals surface area contributed by atoms with E-state index in [1.165, 1.54) is 35.4 Å². The Morgan fingerprint density at radius 2 is 1.71 bits per heavy atom. The minimum absolute atomic E-state index is 0.321. The maximum atomic E-state index is 11.1. The van der Waals surface area contributed by atoms with Crippen LogP contribution in [-0.2, 0) is 9.59 Å². The van der Waals surface area contributed by atoms with E-state index >= 15 is 0 Å². The maximum Gasteiger partial charge on any atom is 0.327 e. The van der Waals surface area contributed by atoms with E-state index in [2.05, 4.69) is 50.9 Å². The molecule has 0 aromatic rings. The number of allylic oxidation sites excluding steroid dienone is 6. The molecule has 0 spiro atoms. The molecule has 0 aromatic heterocycles. The van der Waals surface area contributed by atoms with Crippen molar-refractivity contribution in [1.82, 2.24) is 5.32 Å². The number of rotatable bonds is 15. The smallest absolute Gasteiger partial charge is 0.327 e. The molecule has 0 rings (SSSR count). The molecule has 1 unspecified atom stereocenters. The Balaban J connectivity index is 4.42. The fourth-order valence-corrected chi connectivity index (χ4v) is 3.50. The SMILES string of the molecule is C=CC/C(=C\CSCC(NC(C)=O)C(=O)O)CC/C=C(\C)CC/C=C(\C)CC. The van der Waals surface area contributed by atoms with Crippen LogP contribution in [0.1, 0.15) is 66.2 Å². The Bertz CT molecular complexity index is 591. The van der Waals surface area contributed by atoms with E-state index in [1.807, 2.05) is 6.08 Å². The van der Waals surface area contributed by atoms with Crippen molar-refractivity contribution in [1.29, 1.82) is 0 Å². The van der Waals surface area contributed by atoms with Gasteiger partial charge in [-0.05, 0) is 52.4 Å². The van der Waals surface area contributed by atoms with Crippen LogP contribution in [0.15, 0.2) is 47.6 Å². The van der Waals surface area contributed by atoms with Gasteiger partial charge in [0.15, 0.2) is 0 Å². The van der Waals surface area contributed by atoms with Gasteiger partial charge in [0.25, 0.3) is 0 Å². The van der Waals surface area contributed by atoms with Gasteiger partial charge < -0.3 is 10.4 Å². The van der Waals surface area contributed by atoms with E-state index in [0.29, 0.717) is 5.75 Å². The van der Waals surface area contributed by atoms with Gasteiger partial charge in [0, 0.05) is 18.4 Å². The molecular weight excluding hydrogens is 370 g/mol. The van der Waals surface area contributed by atoms with Crippen molar-refractivity contribution in [2.75, 3.05) is 11.5 Å². The fourth-order valence-electron chi connectivity index (χ4n) is 2.55. The lowest BCUT2D eigenvalue weighted by atomic mass is 10.0. The van der Waals surface area contributed by atoms with Crippen LogP contribution in [0.2, 0.25) is 0 Å². The summed E-state index contributed by atoms with van der Waals surface area (Å²) in [5.74, 6) is -0.228. The van der Waals surface area contributed by atoms with Crippen molar-refractivity contribution >= 4 is 23.6 Å². The number of amides is 1. The van der Waals surface area contributed by atoms with Crippen LogP contribution in [-0.4, -0.2) is 34.5 Å². The van der Waals surface area contributed by atoms with Gasteiger partial charge in [0.1, 0.15) is 6.04 Å². The van der Waals surface area contributed by atoms with Crippen molar-refractivity contribution in [2.45, 2.75) is 72.3 Å². The second-order valence-electron chi connectivity index (χ2n) is 7.02. The van der Waals surface area contributed by atoms with E-state index in [-0.39, 0.29) is 5.91 Å². The third-order valence-corrected chi connectivity index (χ3v) is 5.38. The lowest BCUT2D eigenvalue weighted by molar-refractivity contribution is -0.140. The molecular formula is C23H37NO3S. The summed E-state index contributed by atoms with van der Waals surface area (Å²) in [6, 6.07) is -0.838. The summed E-state index contributed by atoms with van der Waals surface area (Å²) in [6.07, 6.45) is 14.9. The number of carbonyl (C=O) groups is 2. The zero-order valence-corrected chi connectivity index (χ0v) is 18.7. The molecule has 0 radical (unpaired) electrons. The average molecular weight is 408 g/mol. The van der Waals surface area contributed by atoms with Crippen molar-refractivity contribution in [3.05, 3.63) is 47.6 Å². The van der Waals surface area contributed by atoms with Crippen molar-refractivity contribution in [3.63, 3.8) is 0 Å². The third-order valence-electron chi connectivity index (χ3n) is 4.40. The topological polar surface area (TPSA) is 66.4 Å². The first-order chi connectivity index (χ1) is 13.3. The molecule has 4 nitrogen and oxygen atoms in total. The molecule has 0 aliphatic heterocycles. The van der Waals surface area contributed by atoms with E-state index in [1.54, 1.807) is 0 Å². The molecule has 28 heavy (non-hydrogen) atoms. The minimum Gasteiger partial charge on any atom is -0.480 e. The second-order valence-corrected chi connectivity index (χ2v) is 8.09. The lowest BCUT2D eigenvalue weighted by Crippen LogP contribution is -2.41. The van der Waals surface area contributed by atoms with Crippen molar-refractivity contribution in [3.8, 4) is 0 Å². The normalized spacial score (nSPS) is 13.9. The van der Waals surface area contributed by atoms with Crippen molar-refractivity contribution in [2.24, 2.45) is 0 Å². The number of aliphatic carboxylic acids is 1. The second kappa shape index (κ2) is 16.2. The number of thioether (sulfide) groups is 1. The molecule has 0 fully saturated rings. The molecule has 0 bridgehead atoms. The highest BCUT2D eigenvalue weighted by Gasteiger charge is 2.17. The number of hydrogen-bond donors (Lipinski definition) is 2. The first-order valence-electron chi connectivity index (χ1n) is 9.97. The van der Waals surface area contributed by atoms with Gasteiger partial charge in [-0.2, -0.15) is 11.8 Å². The van der Waals surface area contributed by atoms with Gasteiger partial charge >= 0.3 is 5.97 Å². The Kier molecular flexibility index (Phi) is 15.2. The summed E-state index contributed by atoms with van der Waals surface area (Å²) >= 11 is 1.51. The first-order valence-corrected chi connectivity index (χ1v) is 11.1. The van der Waals surface area contributed by atoms with Crippen LogP contribution in [0.25, 0.3) is 0 Å². The monoisotopic (exact) mass is 407 g/mol. The van der Waals surface area contributed by atoms with Crippen LogP contribution < -0.4 is 5.32 Å². The lowest BCUT2D eigenvalue weighted by Gasteiger charge is -2.12. The maximum absolute atomic E-state index is 11.1. The Morgan fingerprint density at radius 3 is 2.29 bits per heavy atom.